The van der Waals surface area contributed by atoms with Crippen LogP contribution >= 0.6 is 11.3 Å². The maximum absolute atomic E-state index is 12.1. The lowest BCUT2D eigenvalue weighted by atomic mass is 10.1. The predicted octanol–water partition coefficient (Wildman–Crippen LogP) is 1.52. The SMILES string of the molecule is Cc1sc(NC(=O)Cn2nc([N+](=O)[O-])cc2C)c(C(N)=O)c1C. The van der Waals surface area contributed by atoms with E-state index in [0.29, 0.717) is 10.7 Å². The largest absolute Gasteiger partial charge is 0.390 e. The molecule has 0 spiro atoms. The van der Waals surface area contributed by atoms with E-state index in [1.807, 2.05) is 6.92 Å². The lowest BCUT2D eigenvalue weighted by Gasteiger charge is -2.04. The van der Waals surface area contributed by atoms with Crippen LogP contribution in [0.2, 0.25) is 0 Å². The molecule has 2 amide bonds. The molecule has 0 atom stereocenters. The van der Waals surface area contributed by atoms with E-state index in [0.717, 1.165) is 10.4 Å². The first kappa shape index (κ1) is 16.6. The maximum Gasteiger partial charge on any atom is 0.390 e. The highest BCUT2D eigenvalue weighted by atomic mass is 32.1. The van der Waals surface area contributed by atoms with E-state index in [-0.39, 0.29) is 17.9 Å². The van der Waals surface area contributed by atoms with Crippen molar-refractivity contribution in [3.8, 4) is 0 Å². The highest BCUT2D eigenvalue weighted by molar-refractivity contribution is 7.16. The molecule has 10 heteroatoms. The maximum atomic E-state index is 12.1. The number of carbonyl (C=O) groups is 2. The Morgan fingerprint density at radius 3 is 2.61 bits per heavy atom. The zero-order valence-electron chi connectivity index (χ0n) is 12.7. The third-order valence-electron chi connectivity index (χ3n) is 3.33. The number of rotatable bonds is 5. The van der Waals surface area contributed by atoms with Crippen LogP contribution < -0.4 is 11.1 Å². The van der Waals surface area contributed by atoms with Crippen LogP contribution in [0.3, 0.4) is 0 Å². The van der Waals surface area contributed by atoms with Crippen LogP contribution in [0.15, 0.2) is 6.07 Å². The van der Waals surface area contributed by atoms with Gasteiger partial charge in [0.05, 0.1) is 22.4 Å². The highest BCUT2D eigenvalue weighted by Gasteiger charge is 2.21. The van der Waals surface area contributed by atoms with Gasteiger partial charge in [-0.05, 0) is 31.3 Å². The van der Waals surface area contributed by atoms with E-state index in [1.54, 1.807) is 13.8 Å². The molecule has 2 heterocycles. The zero-order valence-corrected chi connectivity index (χ0v) is 13.6. The first-order chi connectivity index (χ1) is 10.7. The molecule has 0 aliphatic carbocycles. The number of hydrogen-bond acceptors (Lipinski definition) is 6. The van der Waals surface area contributed by atoms with Crippen molar-refractivity contribution in [3.05, 3.63) is 37.9 Å². The number of hydrogen-bond donors (Lipinski definition) is 2. The standard InChI is InChI=1S/C13H15N5O4S/c1-6-4-9(18(21)22)16-17(6)5-10(19)15-13-11(12(14)20)7(2)8(3)23-13/h4H,5H2,1-3H3,(H2,14,20)(H,15,19). The number of aromatic nitrogens is 2. The summed E-state index contributed by atoms with van der Waals surface area (Å²) in [5.74, 6) is -1.39. The lowest BCUT2D eigenvalue weighted by Crippen LogP contribution is -2.22. The second-order valence-corrected chi connectivity index (χ2v) is 6.18. The van der Waals surface area contributed by atoms with Gasteiger partial charge in [-0.1, -0.05) is 0 Å². The zero-order chi connectivity index (χ0) is 17.3. The van der Waals surface area contributed by atoms with Crippen LogP contribution in [0.25, 0.3) is 0 Å². The number of carbonyl (C=O) groups excluding carboxylic acids is 2. The van der Waals surface area contributed by atoms with Crippen LogP contribution in [0.4, 0.5) is 10.8 Å². The molecule has 0 unspecified atom stereocenters. The molecule has 0 fully saturated rings. The van der Waals surface area contributed by atoms with Gasteiger partial charge >= 0.3 is 5.82 Å². The van der Waals surface area contributed by atoms with E-state index in [9.17, 15) is 19.7 Å². The number of anilines is 1. The van der Waals surface area contributed by atoms with Gasteiger partial charge in [0.2, 0.25) is 5.91 Å². The number of thiophene rings is 1. The van der Waals surface area contributed by atoms with E-state index in [2.05, 4.69) is 10.4 Å². The van der Waals surface area contributed by atoms with E-state index in [1.165, 1.54) is 22.1 Å². The van der Waals surface area contributed by atoms with Crippen LogP contribution in [0.5, 0.6) is 0 Å². The molecule has 122 valence electrons. The van der Waals surface area contributed by atoms with Gasteiger partial charge in [0.1, 0.15) is 11.5 Å². The van der Waals surface area contributed by atoms with Crippen LogP contribution in [0, 0.1) is 30.9 Å². The summed E-state index contributed by atoms with van der Waals surface area (Å²) in [6.45, 7) is 4.99. The normalized spacial score (nSPS) is 10.6. The lowest BCUT2D eigenvalue weighted by molar-refractivity contribution is -0.389. The number of aryl methyl sites for hydroxylation is 2. The van der Waals surface area contributed by atoms with Crippen molar-refractivity contribution in [3.63, 3.8) is 0 Å². The second-order valence-electron chi connectivity index (χ2n) is 4.96. The number of nitrogens with two attached hydrogens (primary N) is 1. The summed E-state index contributed by atoms with van der Waals surface area (Å²) in [4.78, 5) is 34.6. The summed E-state index contributed by atoms with van der Waals surface area (Å²) in [5, 5.41) is 17.4. The van der Waals surface area contributed by atoms with E-state index in [4.69, 9.17) is 5.73 Å². The minimum atomic E-state index is -0.626. The monoisotopic (exact) mass is 337 g/mol. The molecule has 0 saturated carbocycles. The molecule has 0 bridgehead atoms. The van der Waals surface area contributed by atoms with Crippen LogP contribution in [-0.4, -0.2) is 26.5 Å². The van der Waals surface area contributed by atoms with Gasteiger partial charge in [-0.15, -0.1) is 11.3 Å². The fourth-order valence-electron chi connectivity index (χ4n) is 2.06. The molecule has 0 radical (unpaired) electrons. The van der Waals surface area contributed by atoms with Crippen molar-refractivity contribution in [1.29, 1.82) is 0 Å². The summed E-state index contributed by atoms with van der Waals surface area (Å²) in [7, 11) is 0. The minimum Gasteiger partial charge on any atom is -0.365 e. The molecule has 0 saturated heterocycles. The molecule has 0 aliphatic rings. The number of amides is 2. The van der Waals surface area contributed by atoms with Gasteiger partial charge in [0.15, 0.2) is 0 Å². The van der Waals surface area contributed by atoms with Gasteiger partial charge in [-0.25, -0.2) is 0 Å². The van der Waals surface area contributed by atoms with Crippen molar-refractivity contribution >= 4 is 34.0 Å². The second kappa shape index (κ2) is 6.16. The summed E-state index contributed by atoms with van der Waals surface area (Å²) < 4.78 is 1.23. The molecule has 0 aromatic carbocycles. The smallest absolute Gasteiger partial charge is 0.365 e. The first-order valence-corrected chi connectivity index (χ1v) is 7.40. The molecular formula is C13H15N5O4S. The molecule has 9 nitrogen and oxygen atoms in total. The summed E-state index contributed by atoms with van der Waals surface area (Å²) >= 11 is 1.25. The Bertz CT molecular complexity index is 808. The fraction of sp³-hybridized carbons (Fsp3) is 0.308. The van der Waals surface area contributed by atoms with Crippen LogP contribution in [0.1, 0.15) is 26.5 Å². The Morgan fingerprint density at radius 2 is 2.09 bits per heavy atom. The van der Waals surface area contributed by atoms with Crippen LogP contribution in [-0.2, 0) is 11.3 Å². The van der Waals surface area contributed by atoms with Gasteiger partial charge in [-0.3, -0.25) is 9.59 Å². The molecule has 2 aromatic heterocycles. The topological polar surface area (TPSA) is 133 Å². The van der Waals surface area contributed by atoms with Crippen molar-refractivity contribution in [2.45, 2.75) is 27.3 Å². The number of nitrogens with zero attached hydrogens (tertiary/aromatic N) is 3. The van der Waals surface area contributed by atoms with Crippen molar-refractivity contribution in [2.75, 3.05) is 5.32 Å². The first-order valence-electron chi connectivity index (χ1n) is 6.59. The molecule has 2 rings (SSSR count). The Balaban J connectivity index is 2.19. The average molecular weight is 337 g/mol. The minimum absolute atomic E-state index is 0.201. The van der Waals surface area contributed by atoms with Gasteiger partial charge in [0.25, 0.3) is 5.91 Å². The van der Waals surface area contributed by atoms with E-state index < -0.39 is 16.7 Å². The summed E-state index contributed by atoms with van der Waals surface area (Å²) in [6.07, 6.45) is 0. The third-order valence-corrected chi connectivity index (χ3v) is 4.46. The molecule has 23 heavy (non-hydrogen) atoms. The quantitative estimate of drug-likeness (QED) is 0.630. The van der Waals surface area contributed by atoms with Crippen molar-refractivity contribution < 1.29 is 14.5 Å². The number of nitrogens with one attached hydrogen (secondary N) is 1. The number of primary amides is 1. The van der Waals surface area contributed by atoms with Gasteiger partial charge < -0.3 is 21.2 Å². The highest BCUT2D eigenvalue weighted by Crippen LogP contribution is 2.32. The molecule has 3 N–H and O–H groups in total. The summed E-state index contributed by atoms with van der Waals surface area (Å²) in [5.41, 5.74) is 6.84. The van der Waals surface area contributed by atoms with E-state index >= 15 is 0 Å². The fourth-order valence-corrected chi connectivity index (χ4v) is 3.14. The summed E-state index contributed by atoms with van der Waals surface area (Å²) in [6, 6.07) is 1.28. The molecule has 2 aromatic rings. The Morgan fingerprint density at radius 1 is 1.43 bits per heavy atom. The van der Waals surface area contributed by atoms with Gasteiger partial charge in [0, 0.05) is 4.88 Å². The Kier molecular flexibility index (Phi) is 4.45. The predicted molar refractivity (Wildman–Crippen MR) is 84.6 cm³/mol. The Hall–Kier alpha value is -2.75. The molecular weight excluding hydrogens is 322 g/mol. The van der Waals surface area contributed by atoms with Crippen molar-refractivity contribution in [1.82, 2.24) is 9.78 Å². The van der Waals surface area contributed by atoms with Crippen molar-refractivity contribution in [2.24, 2.45) is 5.73 Å². The Labute approximate surface area is 135 Å². The third kappa shape index (κ3) is 3.37. The number of nitro groups is 1. The average Bonchev–Trinajstić information content (AvgIpc) is 2.91. The van der Waals surface area contributed by atoms with Gasteiger partial charge in [-0.2, -0.15) is 4.68 Å². The molecule has 0 aliphatic heterocycles.